The molecular formula is C18H21NO6. The van der Waals surface area contributed by atoms with Gasteiger partial charge in [-0.3, -0.25) is 0 Å². The van der Waals surface area contributed by atoms with Crippen LogP contribution in [0, 0.1) is 28.9 Å². The first-order valence-corrected chi connectivity index (χ1v) is 8.46. The van der Waals surface area contributed by atoms with Crippen LogP contribution in [-0.4, -0.2) is 18.3 Å². The average Bonchev–Trinajstić information content (AvgIpc) is 2.58. The Hall–Kier alpha value is -2.57. The van der Waals surface area contributed by atoms with Gasteiger partial charge in [-0.1, -0.05) is 0 Å². The molecule has 7 nitrogen and oxygen atoms in total. The Labute approximate surface area is 144 Å². The van der Waals surface area contributed by atoms with Crippen LogP contribution in [0.25, 0.3) is 11.0 Å². The normalized spacial score (nSPS) is 20.4. The predicted octanol–water partition coefficient (Wildman–Crippen LogP) is 3.49. The Bertz CT molecular complexity index is 807. The fourth-order valence-electron chi connectivity index (χ4n) is 3.34. The van der Waals surface area contributed by atoms with Crippen LogP contribution in [0.15, 0.2) is 33.5 Å². The molecule has 0 bridgehead atoms. The van der Waals surface area contributed by atoms with Gasteiger partial charge in [-0.05, 0) is 62.1 Å². The lowest BCUT2D eigenvalue weighted by Crippen LogP contribution is -2.23. The molecule has 1 aromatic heterocycles. The zero-order valence-corrected chi connectivity index (χ0v) is 14.1. The molecule has 2 aromatic rings. The molecule has 7 heteroatoms. The van der Waals surface area contributed by atoms with Gasteiger partial charge in [0.1, 0.15) is 11.3 Å². The Morgan fingerprint density at radius 2 is 1.84 bits per heavy atom. The maximum atomic E-state index is 11.5. The van der Waals surface area contributed by atoms with Crippen molar-refractivity contribution in [2.75, 3.05) is 13.2 Å². The monoisotopic (exact) mass is 347 g/mol. The van der Waals surface area contributed by atoms with Gasteiger partial charge >= 0.3 is 5.63 Å². The van der Waals surface area contributed by atoms with Crippen LogP contribution in [0.5, 0.6) is 5.75 Å². The van der Waals surface area contributed by atoms with Gasteiger partial charge in [0.25, 0.3) is 5.09 Å². The molecule has 0 saturated heterocycles. The van der Waals surface area contributed by atoms with Crippen LogP contribution < -0.4 is 10.4 Å². The first kappa shape index (κ1) is 17.3. The van der Waals surface area contributed by atoms with Gasteiger partial charge in [-0.2, -0.15) is 0 Å². The van der Waals surface area contributed by atoms with Crippen LogP contribution in [0.1, 0.15) is 31.2 Å². The Morgan fingerprint density at radius 1 is 1.16 bits per heavy atom. The molecule has 0 spiro atoms. The highest BCUT2D eigenvalue weighted by Gasteiger charge is 2.22. The van der Waals surface area contributed by atoms with Gasteiger partial charge in [-0.25, -0.2) is 4.79 Å². The first-order chi connectivity index (χ1) is 12.0. The second-order valence-electron chi connectivity index (χ2n) is 6.62. The minimum atomic E-state index is -0.727. The van der Waals surface area contributed by atoms with Crippen LogP contribution in [-0.2, 0) is 4.84 Å². The third-order valence-electron chi connectivity index (χ3n) is 4.79. The lowest BCUT2D eigenvalue weighted by Gasteiger charge is -2.27. The second kappa shape index (κ2) is 7.55. The van der Waals surface area contributed by atoms with E-state index in [-0.39, 0.29) is 18.2 Å². The predicted molar refractivity (Wildman–Crippen MR) is 91.1 cm³/mol. The second-order valence-corrected chi connectivity index (χ2v) is 6.62. The highest BCUT2D eigenvalue weighted by molar-refractivity contribution is 5.81. The molecule has 0 atom stereocenters. The highest BCUT2D eigenvalue weighted by atomic mass is 16.9. The van der Waals surface area contributed by atoms with E-state index in [4.69, 9.17) is 9.15 Å². The van der Waals surface area contributed by atoms with E-state index in [2.05, 4.69) is 4.84 Å². The molecule has 1 aliphatic rings. The van der Waals surface area contributed by atoms with Crippen molar-refractivity contribution < 1.29 is 19.1 Å². The number of hydrogen-bond donors (Lipinski definition) is 0. The number of ether oxygens (including phenoxy) is 1. The van der Waals surface area contributed by atoms with E-state index in [0.29, 0.717) is 23.9 Å². The molecule has 25 heavy (non-hydrogen) atoms. The molecule has 1 heterocycles. The van der Waals surface area contributed by atoms with Crippen LogP contribution in [0.3, 0.4) is 0 Å². The smallest absolute Gasteiger partial charge is 0.336 e. The minimum Gasteiger partial charge on any atom is -0.493 e. The molecule has 0 radical (unpaired) electrons. The van der Waals surface area contributed by atoms with Gasteiger partial charge in [0, 0.05) is 17.5 Å². The molecule has 1 aliphatic carbocycles. The van der Waals surface area contributed by atoms with Crippen molar-refractivity contribution >= 4 is 11.0 Å². The molecule has 1 saturated carbocycles. The summed E-state index contributed by atoms with van der Waals surface area (Å²) in [6.07, 6.45) is 3.75. The first-order valence-electron chi connectivity index (χ1n) is 8.46. The summed E-state index contributed by atoms with van der Waals surface area (Å²) in [4.78, 5) is 26.2. The quantitative estimate of drug-likeness (QED) is 0.451. The number of rotatable bonds is 6. The van der Waals surface area contributed by atoms with E-state index in [1.165, 1.54) is 6.07 Å². The van der Waals surface area contributed by atoms with Gasteiger partial charge in [0.2, 0.25) is 0 Å². The van der Waals surface area contributed by atoms with Crippen molar-refractivity contribution in [3.63, 3.8) is 0 Å². The molecule has 0 N–H and O–H groups in total. The molecule has 0 aliphatic heterocycles. The van der Waals surface area contributed by atoms with E-state index >= 15 is 0 Å². The summed E-state index contributed by atoms with van der Waals surface area (Å²) in [6, 6.07) is 7.00. The molecule has 0 amide bonds. The van der Waals surface area contributed by atoms with Crippen molar-refractivity contribution in [3.8, 4) is 5.75 Å². The highest BCUT2D eigenvalue weighted by Crippen LogP contribution is 2.30. The number of aryl methyl sites for hydroxylation is 1. The van der Waals surface area contributed by atoms with Crippen LogP contribution in [0.2, 0.25) is 0 Å². The molecule has 3 rings (SSSR count). The Morgan fingerprint density at radius 3 is 2.52 bits per heavy atom. The van der Waals surface area contributed by atoms with E-state index in [9.17, 15) is 14.9 Å². The maximum Gasteiger partial charge on any atom is 0.336 e. The van der Waals surface area contributed by atoms with Gasteiger partial charge in [0.15, 0.2) is 0 Å². The fourth-order valence-corrected chi connectivity index (χ4v) is 3.34. The van der Waals surface area contributed by atoms with E-state index in [1.54, 1.807) is 6.07 Å². The summed E-state index contributed by atoms with van der Waals surface area (Å²) in [5.74, 6) is 1.35. The molecule has 1 fully saturated rings. The van der Waals surface area contributed by atoms with Crippen LogP contribution >= 0.6 is 0 Å². The standard InChI is InChI=1S/C18H21NO6/c1-12-8-18(20)25-17-9-15(6-7-16(12)17)23-10-13-2-4-14(5-3-13)11-24-19(21)22/h6-9,13-14H,2-5,10-11H2,1H3. The van der Waals surface area contributed by atoms with Gasteiger partial charge in [0.05, 0.1) is 13.2 Å². The van der Waals surface area contributed by atoms with Crippen molar-refractivity contribution in [1.82, 2.24) is 0 Å². The van der Waals surface area contributed by atoms with Crippen molar-refractivity contribution in [2.24, 2.45) is 11.8 Å². The van der Waals surface area contributed by atoms with Crippen molar-refractivity contribution in [1.29, 1.82) is 0 Å². The molecule has 0 unspecified atom stereocenters. The largest absolute Gasteiger partial charge is 0.493 e. The fraction of sp³-hybridized carbons (Fsp3) is 0.500. The lowest BCUT2D eigenvalue weighted by atomic mass is 9.83. The lowest BCUT2D eigenvalue weighted by molar-refractivity contribution is -0.759. The summed E-state index contributed by atoms with van der Waals surface area (Å²) >= 11 is 0. The van der Waals surface area contributed by atoms with E-state index in [1.807, 2.05) is 19.1 Å². The Balaban J connectivity index is 1.53. The zero-order valence-electron chi connectivity index (χ0n) is 14.1. The summed E-state index contributed by atoms with van der Waals surface area (Å²) in [5, 5.41) is 10.4. The van der Waals surface area contributed by atoms with Crippen molar-refractivity contribution in [3.05, 3.63) is 50.4 Å². The topological polar surface area (TPSA) is 91.8 Å². The Kier molecular flexibility index (Phi) is 5.21. The number of benzene rings is 1. The van der Waals surface area contributed by atoms with Gasteiger partial charge in [-0.15, -0.1) is 10.1 Å². The summed E-state index contributed by atoms with van der Waals surface area (Å²) < 4.78 is 11.1. The maximum absolute atomic E-state index is 11.5. The number of hydrogen-bond acceptors (Lipinski definition) is 6. The zero-order chi connectivity index (χ0) is 17.8. The summed E-state index contributed by atoms with van der Waals surface area (Å²) in [6.45, 7) is 2.65. The molecule has 134 valence electrons. The van der Waals surface area contributed by atoms with Crippen molar-refractivity contribution in [2.45, 2.75) is 32.6 Å². The molecular weight excluding hydrogens is 326 g/mol. The number of nitrogens with zero attached hydrogens (tertiary/aromatic N) is 1. The summed E-state index contributed by atoms with van der Waals surface area (Å²) in [5.41, 5.74) is 1.05. The third kappa shape index (κ3) is 4.49. The summed E-state index contributed by atoms with van der Waals surface area (Å²) in [7, 11) is 0. The number of fused-ring (bicyclic) bond motifs is 1. The van der Waals surface area contributed by atoms with Gasteiger partial charge < -0.3 is 14.0 Å². The van der Waals surface area contributed by atoms with E-state index in [0.717, 1.165) is 36.6 Å². The minimum absolute atomic E-state index is 0.184. The molecule has 1 aromatic carbocycles. The average molecular weight is 347 g/mol. The SMILES string of the molecule is Cc1cc(=O)oc2cc(OCC3CCC(CO[N+](=O)[O-])CC3)ccc12. The third-order valence-corrected chi connectivity index (χ3v) is 4.79. The van der Waals surface area contributed by atoms with Crippen LogP contribution in [0.4, 0.5) is 0 Å². The van der Waals surface area contributed by atoms with E-state index < -0.39 is 5.09 Å².